The Hall–Kier alpha value is -4.53. The number of ether oxygens (including phenoxy) is 5. The predicted octanol–water partition coefficient (Wildman–Crippen LogP) is 4.44. The van der Waals surface area contributed by atoms with Crippen LogP contribution >= 0.6 is 0 Å². The van der Waals surface area contributed by atoms with Crippen molar-refractivity contribution in [3.8, 4) is 34.3 Å². The van der Waals surface area contributed by atoms with E-state index in [-0.39, 0.29) is 23.6 Å². The summed E-state index contributed by atoms with van der Waals surface area (Å²) in [5.74, 6) is 1.24. The summed E-state index contributed by atoms with van der Waals surface area (Å²) >= 11 is 0. The lowest BCUT2D eigenvalue weighted by Gasteiger charge is -2.11. The van der Waals surface area contributed by atoms with E-state index in [0.29, 0.717) is 45.3 Å². The summed E-state index contributed by atoms with van der Waals surface area (Å²) in [4.78, 5) is 30.9. The molecule has 9 nitrogen and oxygen atoms in total. The molecule has 0 bridgehead atoms. The second-order valence-corrected chi connectivity index (χ2v) is 7.66. The number of benzene rings is 2. The molecule has 0 atom stereocenters. The number of carbonyl (C=O) groups excluding carboxylic acids is 2. The fourth-order valence-corrected chi connectivity index (χ4v) is 3.93. The van der Waals surface area contributed by atoms with Gasteiger partial charge in [-0.3, -0.25) is 9.20 Å². The number of esters is 1. The maximum absolute atomic E-state index is 13.5. The van der Waals surface area contributed by atoms with Crippen molar-refractivity contribution in [2.45, 2.75) is 6.92 Å². The third-order valence-corrected chi connectivity index (χ3v) is 5.72. The molecule has 0 amide bonds. The van der Waals surface area contributed by atoms with E-state index in [0.717, 1.165) is 0 Å². The molecule has 0 radical (unpaired) electrons. The summed E-state index contributed by atoms with van der Waals surface area (Å²) in [6.45, 7) is 1.92. The van der Waals surface area contributed by atoms with Gasteiger partial charge in [0, 0.05) is 17.2 Å². The normalized spacial score (nSPS) is 10.7. The minimum atomic E-state index is -0.541. The largest absolute Gasteiger partial charge is 0.497 e. The van der Waals surface area contributed by atoms with Crippen LogP contribution in [0.15, 0.2) is 54.9 Å². The molecule has 0 spiro atoms. The molecule has 0 N–H and O–H groups in total. The minimum absolute atomic E-state index is 0.194. The van der Waals surface area contributed by atoms with Crippen LogP contribution in [0.1, 0.15) is 33.3 Å². The van der Waals surface area contributed by atoms with Gasteiger partial charge in [0.25, 0.3) is 0 Å². The number of nitrogens with zero attached hydrogens (tertiary/aromatic N) is 2. The number of carbonyl (C=O) groups is 2. The van der Waals surface area contributed by atoms with Crippen molar-refractivity contribution >= 4 is 17.3 Å². The molecule has 0 aliphatic carbocycles. The number of rotatable bonds is 9. The van der Waals surface area contributed by atoms with Gasteiger partial charge in [-0.25, -0.2) is 9.78 Å². The second kappa shape index (κ2) is 10.4. The molecule has 0 aliphatic heterocycles. The van der Waals surface area contributed by atoms with Crippen LogP contribution in [0.25, 0.3) is 16.8 Å². The fraction of sp³-hybridized carbons (Fsp3) is 0.222. The third kappa shape index (κ3) is 4.43. The lowest BCUT2D eigenvalue weighted by Crippen LogP contribution is -2.06. The predicted molar refractivity (Wildman–Crippen MR) is 133 cm³/mol. The first-order valence-corrected chi connectivity index (χ1v) is 11.1. The van der Waals surface area contributed by atoms with Gasteiger partial charge in [0.2, 0.25) is 5.78 Å². The molecule has 36 heavy (non-hydrogen) atoms. The molecule has 2 aromatic heterocycles. The smallest absolute Gasteiger partial charge is 0.340 e. The van der Waals surface area contributed by atoms with Crippen LogP contribution < -0.4 is 18.9 Å². The number of fused-ring (bicyclic) bond motifs is 1. The Morgan fingerprint density at radius 1 is 0.833 bits per heavy atom. The van der Waals surface area contributed by atoms with Crippen LogP contribution in [0.5, 0.6) is 23.0 Å². The molecule has 4 rings (SSSR count). The zero-order chi connectivity index (χ0) is 25.8. The van der Waals surface area contributed by atoms with Crippen molar-refractivity contribution in [2.75, 3.05) is 35.0 Å². The molecule has 186 valence electrons. The standard InChI is InChI=1S/C27H26N2O7/c1-6-36-27(31)19-13-22(26(30)16-7-10-23(33-3)25(11-16)35-5)29-15-28-20(14-21(19)29)18-9-8-17(32-2)12-24(18)34-4/h7-15H,6H2,1-5H3. The van der Waals surface area contributed by atoms with E-state index in [1.54, 1.807) is 61.9 Å². The lowest BCUT2D eigenvalue weighted by molar-refractivity contribution is 0.0529. The Morgan fingerprint density at radius 3 is 2.25 bits per heavy atom. The van der Waals surface area contributed by atoms with Crippen LogP contribution in [0.3, 0.4) is 0 Å². The number of aromatic nitrogens is 2. The van der Waals surface area contributed by atoms with Crippen LogP contribution in [0.4, 0.5) is 0 Å². The first kappa shape index (κ1) is 24.6. The minimum Gasteiger partial charge on any atom is -0.497 e. The van der Waals surface area contributed by atoms with Gasteiger partial charge in [-0.05, 0) is 49.4 Å². The van der Waals surface area contributed by atoms with Crippen LogP contribution in [0.2, 0.25) is 0 Å². The molecule has 9 heteroatoms. The lowest BCUT2D eigenvalue weighted by atomic mass is 10.1. The monoisotopic (exact) mass is 490 g/mol. The quantitative estimate of drug-likeness (QED) is 0.251. The Kier molecular flexibility index (Phi) is 7.10. The van der Waals surface area contributed by atoms with E-state index >= 15 is 0 Å². The van der Waals surface area contributed by atoms with Gasteiger partial charge in [-0.15, -0.1) is 0 Å². The molecular formula is C27H26N2O7. The summed E-state index contributed by atoms with van der Waals surface area (Å²) in [6, 6.07) is 13.5. The first-order chi connectivity index (χ1) is 17.4. The van der Waals surface area contributed by atoms with Gasteiger partial charge >= 0.3 is 5.97 Å². The Balaban J connectivity index is 1.87. The van der Waals surface area contributed by atoms with Crippen molar-refractivity contribution in [1.29, 1.82) is 0 Å². The molecular weight excluding hydrogens is 464 g/mol. The van der Waals surface area contributed by atoms with Crippen molar-refractivity contribution < 1.29 is 33.3 Å². The number of ketones is 1. The topological polar surface area (TPSA) is 97.6 Å². The highest BCUT2D eigenvalue weighted by atomic mass is 16.5. The van der Waals surface area contributed by atoms with E-state index in [1.165, 1.54) is 26.6 Å². The van der Waals surface area contributed by atoms with Crippen molar-refractivity contribution in [3.05, 3.63) is 71.7 Å². The second-order valence-electron chi connectivity index (χ2n) is 7.66. The molecule has 0 unspecified atom stereocenters. The highest BCUT2D eigenvalue weighted by Gasteiger charge is 2.23. The molecule has 2 heterocycles. The summed E-state index contributed by atoms with van der Waals surface area (Å²) in [7, 11) is 6.14. The summed E-state index contributed by atoms with van der Waals surface area (Å²) in [6.07, 6.45) is 1.51. The van der Waals surface area contributed by atoms with Gasteiger partial charge in [0.15, 0.2) is 11.5 Å². The first-order valence-electron chi connectivity index (χ1n) is 11.1. The third-order valence-electron chi connectivity index (χ3n) is 5.72. The molecule has 4 aromatic rings. The van der Waals surface area contributed by atoms with Gasteiger partial charge in [0.1, 0.15) is 17.8 Å². The SMILES string of the molecule is CCOC(=O)c1cc(C(=O)c2ccc(OC)c(OC)c2)n2cnc(-c3ccc(OC)cc3OC)cc12. The fourth-order valence-electron chi connectivity index (χ4n) is 3.93. The highest BCUT2D eigenvalue weighted by molar-refractivity contribution is 6.11. The van der Waals surface area contributed by atoms with Gasteiger partial charge in [0.05, 0.1) is 57.5 Å². The Bertz CT molecular complexity index is 1440. The summed E-state index contributed by atoms with van der Waals surface area (Å²) in [5, 5.41) is 0. The maximum atomic E-state index is 13.5. The zero-order valence-corrected chi connectivity index (χ0v) is 20.7. The van der Waals surface area contributed by atoms with Crippen molar-refractivity contribution in [3.63, 3.8) is 0 Å². The molecule has 0 saturated heterocycles. The van der Waals surface area contributed by atoms with Crippen LogP contribution in [0, 0.1) is 0 Å². The summed E-state index contributed by atoms with van der Waals surface area (Å²) < 4.78 is 28.2. The zero-order valence-electron chi connectivity index (χ0n) is 20.7. The van der Waals surface area contributed by atoms with E-state index in [9.17, 15) is 9.59 Å². The van der Waals surface area contributed by atoms with Crippen LogP contribution in [-0.2, 0) is 4.74 Å². The van der Waals surface area contributed by atoms with Crippen molar-refractivity contribution in [2.24, 2.45) is 0 Å². The number of methoxy groups -OCH3 is 4. The van der Waals surface area contributed by atoms with Gasteiger partial charge in [-0.1, -0.05) is 0 Å². The van der Waals surface area contributed by atoms with E-state index < -0.39 is 5.97 Å². The maximum Gasteiger partial charge on any atom is 0.340 e. The van der Waals surface area contributed by atoms with Gasteiger partial charge in [-0.2, -0.15) is 0 Å². The van der Waals surface area contributed by atoms with Gasteiger partial charge < -0.3 is 23.7 Å². The average molecular weight is 491 g/mol. The van der Waals surface area contributed by atoms with Crippen LogP contribution in [-0.4, -0.2) is 56.2 Å². The molecule has 2 aromatic carbocycles. The van der Waals surface area contributed by atoms with E-state index in [2.05, 4.69) is 4.98 Å². The molecule has 0 fully saturated rings. The van der Waals surface area contributed by atoms with Crippen molar-refractivity contribution in [1.82, 2.24) is 9.38 Å². The average Bonchev–Trinajstić information content (AvgIpc) is 3.30. The van der Waals surface area contributed by atoms with E-state index in [4.69, 9.17) is 23.7 Å². The van der Waals surface area contributed by atoms with E-state index in [1.807, 2.05) is 6.07 Å². The highest BCUT2D eigenvalue weighted by Crippen LogP contribution is 2.34. The Labute approximate surface area is 208 Å². The molecule has 0 saturated carbocycles. The molecule has 0 aliphatic rings. The number of hydrogen-bond donors (Lipinski definition) is 0. The number of hydrogen-bond acceptors (Lipinski definition) is 8. The summed E-state index contributed by atoms with van der Waals surface area (Å²) in [5.41, 5.74) is 2.58. The Morgan fingerprint density at radius 2 is 1.58 bits per heavy atom.